The largest absolute Gasteiger partial charge is 0.330 e. The van der Waals surface area contributed by atoms with Crippen LogP contribution >= 0.6 is 11.8 Å². The minimum atomic E-state index is -3.46. The van der Waals surface area contributed by atoms with Crippen LogP contribution in [-0.2, 0) is 14.8 Å². The van der Waals surface area contributed by atoms with E-state index >= 15 is 0 Å². The first-order chi connectivity index (χ1) is 10.5. The van der Waals surface area contributed by atoms with Gasteiger partial charge in [-0.25, -0.2) is 8.42 Å². The van der Waals surface area contributed by atoms with Gasteiger partial charge in [-0.1, -0.05) is 13.8 Å². The number of nitrogens with two attached hydrogens (primary N) is 1. The lowest BCUT2D eigenvalue weighted by Crippen LogP contribution is -2.30. The van der Waals surface area contributed by atoms with Crippen molar-refractivity contribution in [1.82, 2.24) is 4.31 Å². The van der Waals surface area contributed by atoms with Gasteiger partial charge in [0.1, 0.15) is 0 Å². The van der Waals surface area contributed by atoms with Gasteiger partial charge < -0.3 is 11.1 Å². The highest BCUT2D eigenvalue weighted by molar-refractivity contribution is 7.99. The van der Waals surface area contributed by atoms with Crippen LogP contribution in [0.15, 0.2) is 29.2 Å². The monoisotopic (exact) mass is 345 g/mol. The van der Waals surface area contributed by atoms with Crippen LogP contribution in [0.4, 0.5) is 5.69 Å². The summed E-state index contributed by atoms with van der Waals surface area (Å²) in [6, 6.07) is 6.22. The zero-order chi connectivity index (χ0) is 16.6. The van der Waals surface area contributed by atoms with Crippen LogP contribution < -0.4 is 11.1 Å². The van der Waals surface area contributed by atoms with Crippen molar-refractivity contribution in [3.8, 4) is 0 Å². The van der Waals surface area contributed by atoms with Crippen LogP contribution in [-0.4, -0.2) is 49.8 Å². The van der Waals surface area contributed by atoms with Crippen LogP contribution in [0.1, 0.15) is 13.8 Å². The molecule has 6 nitrogen and oxygen atoms in total. The van der Waals surface area contributed by atoms with Crippen LogP contribution in [0, 0.1) is 0 Å². The molecule has 0 heterocycles. The molecule has 0 fully saturated rings. The molecule has 8 heteroatoms. The highest BCUT2D eigenvalue weighted by Gasteiger charge is 2.21. The number of sulfonamides is 1. The standard InChI is InChI=1S/C14H23N3O3S2/c1-3-17(4-2)22(19,20)13-7-5-12(6-8-13)16-14(18)11-21-10-9-15/h5-8H,3-4,9-11,15H2,1-2H3,(H,16,18). The minimum Gasteiger partial charge on any atom is -0.330 e. The van der Waals surface area contributed by atoms with E-state index in [1.54, 1.807) is 26.0 Å². The highest BCUT2D eigenvalue weighted by atomic mass is 32.2. The first kappa shape index (κ1) is 19.0. The topological polar surface area (TPSA) is 92.5 Å². The number of carbonyl (C=O) groups is 1. The molecule has 0 saturated carbocycles. The van der Waals surface area contributed by atoms with Gasteiger partial charge in [0, 0.05) is 31.1 Å². The maximum absolute atomic E-state index is 12.3. The van der Waals surface area contributed by atoms with Gasteiger partial charge in [0.25, 0.3) is 0 Å². The fourth-order valence-electron chi connectivity index (χ4n) is 1.87. The van der Waals surface area contributed by atoms with E-state index in [1.807, 2.05) is 0 Å². The Labute approximate surface area is 136 Å². The Hall–Kier alpha value is -1.09. The zero-order valence-corrected chi connectivity index (χ0v) is 14.5. The molecule has 0 aromatic heterocycles. The first-order valence-corrected chi connectivity index (χ1v) is 9.73. The van der Waals surface area contributed by atoms with Gasteiger partial charge in [-0.2, -0.15) is 16.1 Å². The Morgan fingerprint density at radius 2 is 1.82 bits per heavy atom. The summed E-state index contributed by atoms with van der Waals surface area (Å²) < 4.78 is 26.0. The molecule has 0 aliphatic heterocycles. The molecule has 1 aromatic carbocycles. The number of benzene rings is 1. The van der Waals surface area contributed by atoms with E-state index in [0.717, 1.165) is 5.75 Å². The Morgan fingerprint density at radius 1 is 1.23 bits per heavy atom. The average molecular weight is 345 g/mol. The molecule has 0 aliphatic rings. The number of anilines is 1. The molecule has 1 rings (SSSR count). The van der Waals surface area contributed by atoms with E-state index in [0.29, 0.717) is 31.1 Å². The number of thioether (sulfide) groups is 1. The molecule has 1 amide bonds. The maximum atomic E-state index is 12.3. The molecule has 0 atom stereocenters. The van der Waals surface area contributed by atoms with E-state index in [2.05, 4.69) is 5.32 Å². The Kier molecular flexibility index (Phi) is 7.88. The molecule has 0 bridgehead atoms. The molecule has 0 aliphatic carbocycles. The molecule has 1 aromatic rings. The van der Waals surface area contributed by atoms with Crippen LogP contribution in [0.3, 0.4) is 0 Å². The summed E-state index contributed by atoms with van der Waals surface area (Å²) in [4.78, 5) is 11.9. The molecule has 0 unspecified atom stereocenters. The number of rotatable bonds is 9. The summed E-state index contributed by atoms with van der Waals surface area (Å²) in [7, 11) is -3.46. The van der Waals surface area contributed by atoms with Crippen LogP contribution in [0.2, 0.25) is 0 Å². The Balaban J connectivity index is 2.72. The van der Waals surface area contributed by atoms with Gasteiger partial charge in [0.15, 0.2) is 0 Å². The van der Waals surface area contributed by atoms with E-state index in [9.17, 15) is 13.2 Å². The molecular formula is C14H23N3O3S2. The number of nitrogens with zero attached hydrogens (tertiary/aromatic N) is 1. The maximum Gasteiger partial charge on any atom is 0.243 e. The second-order valence-electron chi connectivity index (χ2n) is 4.50. The number of hydrogen-bond donors (Lipinski definition) is 2. The number of carbonyl (C=O) groups excluding carboxylic acids is 1. The smallest absolute Gasteiger partial charge is 0.243 e. The van der Waals surface area contributed by atoms with Gasteiger partial charge in [0.05, 0.1) is 10.6 Å². The van der Waals surface area contributed by atoms with Gasteiger partial charge in [-0.05, 0) is 24.3 Å². The average Bonchev–Trinajstić information content (AvgIpc) is 2.49. The number of hydrogen-bond acceptors (Lipinski definition) is 5. The first-order valence-electron chi connectivity index (χ1n) is 7.13. The van der Waals surface area contributed by atoms with Crippen molar-refractivity contribution in [3.63, 3.8) is 0 Å². The summed E-state index contributed by atoms with van der Waals surface area (Å²) in [5, 5.41) is 2.73. The van der Waals surface area contributed by atoms with Crippen molar-refractivity contribution in [2.75, 3.05) is 36.5 Å². The zero-order valence-electron chi connectivity index (χ0n) is 12.9. The Bertz CT molecular complexity index is 570. The van der Waals surface area contributed by atoms with E-state index < -0.39 is 10.0 Å². The summed E-state index contributed by atoms with van der Waals surface area (Å²) in [5.74, 6) is 0.934. The molecule has 0 spiro atoms. The lowest BCUT2D eigenvalue weighted by atomic mass is 10.3. The highest BCUT2D eigenvalue weighted by Crippen LogP contribution is 2.18. The number of nitrogens with one attached hydrogen (secondary N) is 1. The third-order valence-electron chi connectivity index (χ3n) is 2.98. The Morgan fingerprint density at radius 3 is 2.32 bits per heavy atom. The second kappa shape index (κ2) is 9.14. The normalized spacial score (nSPS) is 11.6. The van der Waals surface area contributed by atoms with Gasteiger partial charge >= 0.3 is 0 Å². The lowest BCUT2D eigenvalue weighted by Gasteiger charge is -2.18. The SMILES string of the molecule is CCN(CC)S(=O)(=O)c1ccc(NC(=O)CSCCN)cc1. The van der Waals surface area contributed by atoms with Crippen molar-refractivity contribution in [3.05, 3.63) is 24.3 Å². The summed E-state index contributed by atoms with van der Waals surface area (Å²) >= 11 is 1.46. The predicted octanol–water partition coefficient (Wildman–Crippen LogP) is 1.35. The lowest BCUT2D eigenvalue weighted by molar-refractivity contribution is -0.113. The number of amides is 1. The van der Waals surface area contributed by atoms with Crippen LogP contribution in [0.25, 0.3) is 0 Å². The van der Waals surface area contributed by atoms with E-state index in [-0.39, 0.29) is 10.8 Å². The second-order valence-corrected chi connectivity index (χ2v) is 7.55. The summed E-state index contributed by atoms with van der Waals surface area (Å²) in [6.45, 7) is 4.99. The molecule has 0 radical (unpaired) electrons. The third-order valence-corrected chi connectivity index (χ3v) is 6.03. The van der Waals surface area contributed by atoms with Gasteiger partial charge in [-0.15, -0.1) is 0 Å². The molecule has 124 valence electrons. The minimum absolute atomic E-state index is 0.127. The summed E-state index contributed by atoms with van der Waals surface area (Å²) in [5.41, 5.74) is 5.94. The van der Waals surface area contributed by atoms with Crippen molar-refractivity contribution < 1.29 is 13.2 Å². The van der Waals surface area contributed by atoms with E-state index in [4.69, 9.17) is 5.73 Å². The molecule has 0 saturated heterocycles. The fourth-order valence-corrected chi connectivity index (χ4v) is 3.89. The molecule has 22 heavy (non-hydrogen) atoms. The van der Waals surface area contributed by atoms with Crippen LogP contribution in [0.5, 0.6) is 0 Å². The molecule has 3 N–H and O–H groups in total. The summed E-state index contributed by atoms with van der Waals surface area (Å²) in [6.07, 6.45) is 0. The predicted molar refractivity (Wildman–Crippen MR) is 91.6 cm³/mol. The molecular weight excluding hydrogens is 322 g/mol. The van der Waals surface area contributed by atoms with Crippen molar-refractivity contribution in [1.29, 1.82) is 0 Å². The van der Waals surface area contributed by atoms with Gasteiger partial charge in [-0.3, -0.25) is 4.79 Å². The quantitative estimate of drug-likeness (QED) is 0.659. The van der Waals surface area contributed by atoms with Crippen molar-refractivity contribution >= 4 is 33.4 Å². The van der Waals surface area contributed by atoms with E-state index in [1.165, 1.54) is 28.2 Å². The van der Waals surface area contributed by atoms with Gasteiger partial charge in [0.2, 0.25) is 15.9 Å². The van der Waals surface area contributed by atoms with Crippen molar-refractivity contribution in [2.45, 2.75) is 18.7 Å². The fraction of sp³-hybridized carbons (Fsp3) is 0.500. The third kappa shape index (κ3) is 5.28. The van der Waals surface area contributed by atoms with Crippen molar-refractivity contribution in [2.24, 2.45) is 5.73 Å².